The normalized spacial score (nSPS) is 14.0. The molecule has 0 aliphatic carbocycles. The summed E-state index contributed by atoms with van der Waals surface area (Å²) in [4.78, 5) is 0. The fraction of sp³-hybridized carbons (Fsp3) is 1.00. The minimum Gasteiger partial charge on any atom is -0.391 e. The van der Waals surface area contributed by atoms with Crippen molar-refractivity contribution in [1.82, 2.24) is 0 Å². The van der Waals surface area contributed by atoms with E-state index in [9.17, 15) is 0 Å². The van der Waals surface area contributed by atoms with Crippen molar-refractivity contribution in [2.45, 2.75) is 39.3 Å². The summed E-state index contributed by atoms with van der Waals surface area (Å²) in [5.41, 5.74) is 0. The highest BCUT2D eigenvalue weighted by molar-refractivity contribution is 6.69. The lowest BCUT2D eigenvalue weighted by molar-refractivity contribution is -0.111. The van der Waals surface area contributed by atoms with Gasteiger partial charge in [-0.15, -0.1) is 0 Å². The fourth-order valence-electron chi connectivity index (χ4n) is 0.749. The van der Waals surface area contributed by atoms with Gasteiger partial charge < -0.3 is 9.53 Å². The smallest absolute Gasteiger partial charge is 0.187 e. The lowest BCUT2D eigenvalue weighted by Gasteiger charge is -2.27. The van der Waals surface area contributed by atoms with Crippen molar-refractivity contribution < 1.29 is 9.53 Å². The third-order valence-corrected chi connectivity index (χ3v) is 1.67. The molecular weight excluding hydrogens is 132 g/mol. The van der Waals surface area contributed by atoms with E-state index in [1.54, 1.807) is 13.8 Å². The molecule has 0 aromatic rings. The maximum Gasteiger partial charge on any atom is 0.187 e. The van der Waals surface area contributed by atoms with Crippen molar-refractivity contribution in [2.75, 3.05) is 0 Å². The van der Waals surface area contributed by atoms with Gasteiger partial charge in [0, 0.05) is 0 Å². The maximum atomic E-state index is 9.17. The predicted molar refractivity (Wildman–Crippen MR) is 40.7 cm³/mol. The van der Waals surface area contributed by atoms with E-state index in [1.165, 1.54) is 0 Å². The van der Waals surface area contributed by atoms with E-state index >= 15 is 0 Å². The zero-order chi connectivity index (χ0) is 7.71. The molecule has 3 heteroatoms. The Bertz CT molecular complexity index is 76.2. The minimum absolute atomic E-state index is 0.954. The molecule has 0 saturated carbocycles. The molecule has 0 rings (SSSR count). The summed E-state index contributed by atoms with van der Waals surface area (Å²) in [5.74, 6) is -0.954. The van der Waals surface area contributed by atoms with E-state index in [2.05, 4.69) is 0 Å². The van der Waals surface area contributed by atoms with Crippen LogP contribution in [0, 0.1) is 0 Å². The molecule has 0 aromatic heterocycles. The summed E-state index contributed by atoms with van der Waals surface area (Å²) in [6.07, 6.45) is 0. The average Bonchev–Trinajstić information content (AvgIpc) is 1.14. The molecule has 0 aromatic carbocycles. The standard InChI is InChI=1S/C6H16O2Si/c1-6(2,7)8-9(3,4)5/h7H,1-5H3. The van der Waals surface area contributed by atoms with Gasteiger partial charge in [0.25, 0.3) is 0 Å². The monoisotopic (exact) mass is 148 g/mol. The van der Waals surface area contributed by atoms with Gasteiger partial charge in [-0.2, -0.15) is 0 Å². The van der Waals surface area contributed by atoms with E-state index in [4.69, 9.17) is 9.53 Å². The molecule has 0 saturated heterocycles. The van der Waals surface area contributed by atoms with Crippen molar-refractivity contribution in [3.05, 3.63) is 0 Å². The predicted octanol–water partition coefficient (Wildman–Crippen LogP) is 1.57. The number of hydrogen-bond acceptors (Lipinski definition) is 2. The van der Waals surface area contributed by atoms with Crippen molar-refractivity contribution in [3.8, 4) is 0 Å². The van der Waals surface area contributed by atoms with Crippen molar-refractivity contribution >= 4 is 8.32 Å². The van der Waals surface area contributed by atoms with E-state index in [1.807, 2.05) is 19.6 Å². The Morgan fingerprint density at radius 2 is 1.56 bits per heavy atom. The Balaban J connectivity index is 3.75. The highest BCUT2D eigenvalue weighted by Crippen LogP contribution is 2.13. The summed E-state index contributed by atoms with van der Waals surface area (Å²) in [7, 11) is -1.54. The third kappa shape index (κ3) is 8.14. The molecule has 0 aliphatic rings. The van der Waals surface area contributed by atoms with Crippen molar-refractivity contribution in [1.29, 1.82) is 0 Å². The molecular formula is C6H16O2Si. The van der Waals surface area contributed by atoms with Crippen LogP contribution in [0.2, 0.25) is 19.6 Å². The van der Waals surface area contributed by atoms with Gasteiger partial charge in [-0.1, -0.05) is 0 Å². The molecule has 1 N–H and O–H groups in total. The van der Waals surface area contributed by atoms with Crippen LogP contribution in [-0.4, -0.2) is 19.2 Å². The van der Waals surface area contributed by atoms with Crippen molar-refractivity contribution in [2.24, 2.45) is 0 Å². The van der Waals surface area contributed by atoms with Crippen LogP contribution in [0.15, 0.2) is 0 Å². The van der Waals surface area contributed by atoms with Crippen LogP contribution in [0.25, 0.3) is 0 Å². The molecule has 0 radical (unpaired) electrons. The summed E-state index contributed by atoms with van der Waals surface area (Å²) in [6.45, 7) is 9.46. The molecule has 0 spiro atoms. The maximum absolute atomic E-state index is 9.17. The first-order valence-electron chi connectivity index (χ1n) is 3.13. The molecule has 0 amide bonds. The van der Waals surface area contributed by atoms with Crippen LogP contribution in [-0.2, 0) is 4.43 Å². The van der Waals surface area contributed by atoms with E-state index < -0.39 is 14.1 Å². The second-order valence-electron chi connectivity index (χ2n) is 3.66. The Morgan fingerprint density at radius 3 is 1.56 bits per heavy atom. The Kier molecular flexibility index (Phi) is 2.44. The first-order valence-corrected chi connectivity index (χ1v) is 6.54. The molecule has 2 nitrogen and oxygen atoms in total. The zero-order valence-electron chi connectivity index (χ0n) is 6.86. The van der Waals surface area contributed by atoms with Gasteiger partial charge in [0.05, 0.1) is 0 Å². The SMILES string of the molecule is CC(C)(O)O[Si](C)(C)C. The molecule has 56 valence electrons. The number of aliphatic hydroxyl groups is 1. The highest BCUT2D eigenvalue weighted by Gasteiger charge is 2.23. The highest BCUT2D eigenvalue weighted by atomic mass is 28.4. The second kappa shape index (κ2) is 2.40. The quantitative estimate of drug-likeness (QED) is 0.476. The van der Waals surface area contributed by atoms with Gasteiger partial charge in [0.2, 0.25) is 0 Å². The summed E-state index contributed by atoms with van der Waals surface area (Å²) in [5, 5.41) is 9.17. The van der Waals surface area contributed by atoms with E-state index in [-0.39, 0.29) is 0 Å². The van der Waals surface area contributed by atoms with Crippen LogP contribution >= 0.6 is 0 Å². The average molecular weight is 148 g/mol. The molecule has 0 fully saturated rings. The topological polar surface area (TPSA) is 29.5 Å². The largest absolute Gasteiger partial charge is 0.391 e. The Labute approximate surface area is 58.0 Å². The molecule has 0 atom stereocenters. The third-order valence-electron chi connectivity index (χ3n) is 0.556. The minimum atomic E-state index is -1.54. The van der Waals surface area contributed by atoms with Crippen LogP contribution in [0.4, 0.5) is 0 Å². The molecule has 0 aliphatic heterocycles. The second-order valence-corrected chi connectivity index (χ2v) is 8.09. The van der Waals surface area contributed by atoms with Gasteiger partial charge >= 0.3 is 0 Å². The Morgan fingerprint density at radius 1 is 1.22 bits per heavy atom. The molecule has 0 unspecified atom stereocenters. The van der Waals surface area contributed by atoms with Crippen LogP contribution < -0.4 is 0 Å². The van der Waals surface area contributed by atoms with Crippen LogP contribution in [0.1, 0.15) is 13.8 Å². The zero-order valence-corrected chi connectivity index (χ0v) is 7.86. The summed E-state index contributed by atoms with van der Waals surface area (Å²) >= 11 is 0. The van der Waals surface area contributed by atoms with Gasteiger partial charge in [0.15, 0.2) is 8.32 Å². The van der Waals surface area contributed by atoms with Gasteiger partial charge in [0.1, 0.15) is 5.79 Å². The van der Waals surface area contributed by atoms with Gasteiger partial charge in [-0.25, -0.2) is 0 Å². The summed E-state index contributed by atoms with van der Waals surface area (Å²) in [6, 6.07) is 0. The van der Waals surface area contributed by atoms with E-state index in [0.29, 0.717) is 0 Å². The van der Waals surface area contributed by atoms with Crippen LogP contribution in [0.5, 0.6) is 0 Å². The molecule has 9 heavy (non-hydrogen) atoms. The van der Waals surface area contributed by atoms with Gasteiger partial charge in [-0.3, -0.25) is 0 Å². The molecule has 0 heterocycles. The fourth-order valence-corrected chi connectivity index (χ4v) is 2.25. The Hall–Kier alpha value is 0.137. The number of rotatable bonds is 2. The lowest BCUT2D eigenvalue weighted by Crippen LogP contribution is -2.37. The lowest BCUT2D eigenvalue weighted by atomic mass is 10.4. The first-order chi connectivity index (χ1) is 3.71. The summed E-state index contributed by atoms with van der Waals surface area (Å²) < 4.78 is 5.32. The first kappa shape index (κ1) is 9.14. The molecule has 0 bridgehead atoms. The van der Waals surface area contributed by atoms with Crippen molar-refractivity contribution in [3.63, 3.8) is 0 Å². The van der Waals surface area contributed by atoms with Gasteiger partial charge in [-0.05, 0) is 33.5 Å². The van der Waals surface area contributed by atoms with E-state index in [0.717, 1.165) is 0 Å². The number of hydrogen-bond donors (Lipinski definition) is 1. The van der Waals surface area contributed by atoms with Crippen LogP contribution in [0.3, 0.4) is 0 Å².